The molecule has 0 bridgehead atoms. The van der Waals surface area contributed by atoms with Gasteiger partial charge in [0.25, 0.3) is 5.56 Å². The van der Waals surface area contributed by atoms with E-state index in [2.05, 4.69) is 22.1 Å². The lowest BCUT2D eigenvalue weighted by atomic mass is 10.1. The average molecular weight is 409 g/mol. The van der Waals surface area contributed by atoms with Gasteiger partial charge in [-0.3, -0.25) is 9.36 Å². The molecule has 0 aliphatic carbocycles. The van der Waals surface area contributed by atoms with Crippen molar-refractivity contribution in [2.24, 2.45) is 0 Å². The monoisotopic (exact) mass is 409 g/mol. The van der Waals surface area contributed by atoms with E-state index in [1.165, 1.54) is 12.1 Å². The van der Waals surface area contributed by atoms with E-state index in [0.717, 1.165) is 28.1 Å². The highest BCUT2D eigenvalue weighted by Crippen LogP contribution is 2.23. The van der Waals surface area contributed by atoms with Gasteiger partial charge in [0.15, 0.2) is 5.82 Å². The van der Waals surface area contributed by atoms with Crippen LogP contribution in [0.4, 0.5) is 4.39 Å². The lowest BCUT2D eigenvalue weighted by Gasteiger charge is -2.13. The van der Waals surface area contributed by atoms with Crippen LogP contribution in [0.25, 0.3) is 17.1 Å². The fraction of sp³-hybridized carbons (Fsp3) is 0.0769. The number of rotatable bonds is 5. The number of halogens is 1. The van der Waals surface area contributed by atoms with Gasteiger partial charge in [-0.25, -0.2) is 9.37 Å². The van der Waals surface area contributed by atoms with Gasteiger partial charge in [-0.05, 0) is 28.8 Å². The topological polar surface area (TPSA) is 50.7 Å². The van der Waals surface area contributed by atoms with E-state index in [9.17, 15) is 9.18 Å². The maximum absolute atomic E-state index is 13.3. The lowest BCUT2D eigenvalue weighted by molar-refractivity contribution is 0.627. The normalized spacial score (nSPS) is 11.1. The summed E-state index contributed by atoms with van der Waals surface area (Å²) in [5, 5.41) is 0. The van der Waals surface area contributed by atoms with Gasteiger partial charge >= 0.3 is 0 Å². The van der Waals surface area contributed by atoms with Crippen LogP contribution in [0.5, 0.6) is 0 Å². The van der Waals surface area contributed by atoms with Crippen molar-refractivity contribution < 1.29 is 4.39 Å². The molecule has 0 unspecified atom stereocenters. The first kappa shape index (κ1) is 19.0. The summed E-state index contributed by atoms with van der Waals surface area (Å²) in [6.45, 7) is 0. The van der Waals surface area contributed by atoms with Crippen molar-refractivity contribution in [3.8, 4) is 17.1 Å². The maximum atomic E-state index is 13.3. The molecule has 3 aromatic carbocycles. The van der Waals surface area contributed by atoms with Gasteiger partial charge in [0.1, 0.15) is 11.5 Å². The molecule has 2 heterocycles. The minimum atomic E-state index is -0.298. The number of H-pyrrole nitrogens is 1. The molecule has 2 aliphatic heterocycles. The van der Waals surface area contributed by atoms with Gasteiger partial charge in [0, 0.05) is 19.0 Å². The van der Waals surface area contributed by atoms with Crippen LogP contribution in [0.15, 0.2) is 95.9 Å². The number of fused-ring (bicyclic) bond motifs is 1. The van der Waals surface area contributed by atoms with E-state index < -0.39 is 0 Å². The minimum Gasteiger partial charge on any atom is -0.354 e. The number of imidazole rings is 1. The molecule has 0 amide bonds. The molecule has 2 aliphatic rings. The third kappa shape index (κ3) is 3.90. The number of nitrogens with zero attached hydrogens (tertiary/aromatic N) is 2. The van der Waals surface area contributed by atoms with Crippen LogP contribution >= 0.6 is 0 Å². The molecule has 1 N–H and O–H groups in total. The summed E-state index contributed by atoms with van der Waals surface area (Å²) in [7, 11) is 0. The van der Waals surface area contributed by atoms with E-state index in [1.54, 1.807) is 16.7 Å². The minimum absolute atomic E-state index is 0.153. The summed E-state index contributed by atoms with van der Waals surface area (Å²) in [4.78, 5) is 21.4. The summed E-state index contributed by atoms with van der Waals surface area (Å²) in [6.07, 6.45) is 2.78. The molecule has 31 heavy (non-hydrogen) atoms. The Labute approximate surface area is 179 Å². The summed E-state index contributed by atoms with van der Waals surface area (Å²) in [6, 6.07) is 26.2. The number of benzene rings is 3. The van der Waals surface area contributed by atoms with Gasteiger partial charge in [-0.15, -0.1) is 0 Å². The highest BCUT2D eigenvalue weighted by Gasteiger charge is 2.20. The van der Waals surface area contributed by atoms with Gasteiger partial charge in [0.05, 0.1) is 11.4 Å². The summed E-state index contributed by atoms with van der Waals surface area (Å²) in [5.41, 5.74) is 4.98. The Morgan fingerprint density at radius 3 is 2.16 bits per heavy atom. The first-order valence-corrected chi connectivity index (χ1v) is 10.1. The van der Waals surface area contributed by atoms with E-state index in [0.29, 0.717) is 24.4 Å². The zero-order chi connectivity index (χ0) is 21.2. The van der Waals surface area contributed by atoms with Gasteiger partial charge in [-0.1, -0.05) is 72.8 Å². The summed E-state index contributed by atoms with van der Waals surface area (Å²) < 4.78 is 14.9. The third-order valence-corrected chi connectivity index (χ3v) is 5.34. The molecule has 0 saturated heterocycles. The van der Waals surface area contributed by atoms with Crippen molar-refractivity contribution >= 4 is 0 Å². The number of hydrogen-bond acceptors (Lipinski definition) is 2. The van der Waals surface area contributed by atoms with Crippen LogP contribution < -0.4 is 5.56 Å². The van der Waals surface area contributed by atoms with Gasteiger partial charge in [-0.2, -0.15) is 0 Å². The van der Waals surface area contributed by atoms with Crippen molar-refractivity contribution in [3.63, 3.8) is 0 Å². The highest BCUT2D eigenvalue weighted by atomic mass is 19.1. The fourth-order valence-corrected chi connectivity index (χ4v) is 3.78. The Hall–Kier alpha value is -3.99. The Morgan fingerprint density at radius 1 is 0.806 bits per heavy atom. The molecular weight excluding hydrogens is 389 g/mol. The molecule has 0 fully saturated rings. The molecule has 0 aromatic heterocycles. The zero-order valence-corrected chi connectivity index (χ0v) is 16.8. The fourth-order valence-electron chi connectivity index (χ4n) is 3.78. The predicted molar refractivity (Wildman–Crippen MR) is 119 cm³/mol. The Bertz CT molecular complexity index is 1340. The van der Waals surface area contributed by atoms with Crippen LogP contribution in [0, 0.1) is 5.82 Å². The van der Waals surface area contributed by atoms with E-state index in [4.69, 9.17) is 0 Å². The molecule has 152 valence electrons. The molecule has 0 spiro atoms. The quantitative estimate of drug-likeness (QED) is 0.445. The van der Waals surface area contributed by atoms with Gasteiger partial charge in [0.2, 0.25) is 0 Å². The van der Waals surface area contributed by atoms with Crippen LogP contribution in [0.2, 0.25) is 0 Å². The standard InChI is InChI=1S/C26H20FN3O/c27-21-13-11-19(12-14-21)16-23-26(31)30-17-24(20-9-5-2-6-10-20)28-22(25(30)29-23)15-18-7-3-1-4-8-18/h1-14,17,28H,15-16H2. The van der Waals surface area contributed by atoms with Crippen LogP contribution in [0.1, 0.15) is 22.5 Å². The second-order valence-electron chi connectivity index (χ2n) is 7.54. The van der Waals surface area contributed by atoms with Crippen LogP contribution in [-0.4, -0.2) is 14.5 Å². The number of aromatic amines is 1. The van der Waals surface area contributed by atoms with Crippen LogP contribution in [-0.2, 0) is 12.8 Å². The molecular formula is C26H20FN3O. The second-order valence-corrected chi connectivity index (χ2v) is 7.54. The van der Waals surface area contributed by atoms with Crippen molar-refractivity contribution in [2.45, 2.75) is 12.8 Å². The molecule has 3 aromatic rings. The zero-order valence-electron chi connectivity index (χ0n) is 16.8. The van der Waals surface area contributed by atoms with Crippen molar-refractivity contribution in [2.75, 3.05) is 0 Å². The first-order chi connectivity index (χ1) is 15.2. The first-order valence-electron chi connectivity index (χ1n) is 10.1. The summed E-state index contributed by atoms with van der Waals surface area (Å²) >= 11 is 0. The molecule has 0 saturated carbocycles. The number of aromatic nitrogens is 3. The average Bonchev–Trinajstić information content (AvgIpc) is 3.12. The highest BCUT2D eigenvalue weighted by molar-refractivity contribution is 5.60. The Balaban J connectivity index is 1.63. The largest absolute Gasteiger partial charge is 0.354 e. The molecule has 5 heteroatoms. The van der Waals surface area contributed by atoms with Crippen molar-refractivity contribution in [1.29, 1.82) is 0 Å². The summed E-state index contributed by atoms with van der Waals surface area (Å²) in [5.74, 6) is 0.319. The second kappa shape index (κ2) is 8.03. The lowest BCUT2D eigenvalue weighted by Crippen LogP contribution is -2.17. The molecule has 4 nitrogen and oxygen atoms in total. The van der Waals surface area contributed by atoms with Crippen LogP contribution in [0.3, 0.4) is 0 Å². The molecule has 5 rings (SSSR count). The van der Waals surface area contributed by atoms with E-state index >= 15 is 0 Å². The smallest absolute Gasteiger partial charge is 0.278 e. The SMILES string of the molecule is O=c1c(Cc2ccc(F)cc2)nc2c(Cc3ccccc3)[nH]c(-c3ccccc3)cn1-2. The number of nitrogens with one attached hydrogen (secondary N) is 1. The van der Waals surface area contributed by atoms with E-state index in [1.807, 2.05) is 54.7 Å². The molecule has 0 atom stereocenters. The number of hydrogen-bond donors (Lipinski definition) is 1. The van der Waals surface area contributed by atoms with Crippen molar-refractivity contribution in [3.05, 3.63) is 130 Å². The maximum Gasteiger partial charge on any atom is 0.278 e. The predicted octanol–water partition coefficient (Wildman–Crippen LogP) is 4.99. The van der Waals surface area contributed by atoms with Crippen molar-refractivity contribution in [1.82, 2.24) is 14.5 Å². The Kier molecular flexibility index (Phi) is 4.92. The van der Waals surface area contributed by atoms with Gasteiger partial charge < -0.3 is 4.98 Å². The third-order valence-electron chi connectivity index (χ3n) is 5.34. The Morgan fingerprint density at radius 2 is 1.45 bits per heavy atom. The molecule has 0 radical (unpaired) electrons. The van der Waals surface area contributed by atoms with E-state index in [-0.39, 0.29) is 11.4 Å².